The Morgan fingerprint density at radius 3 is 2.71 bits per heavy atom. The molecule has 0 amide bonds. The highest BCUT2D eigenvalue weighted by atomic mass is 127. The third kappa shape index (κ3) is 4.15. The Bertz CT molecular complexity index is 418. The fourth-order valence-corrected chi connectivity index (χ4v) is 2.88. The van der Waals surface area contributed by atoms with Gasteiger partial charge in [0.2, 0.25) is 0 Å². The normalized spacial score (nSPS) is 15.6. The molecule has 96 valence electrons. The number of aliphatic imine (C=N–C) groups is 1. The number of thiophene rings is 1. The molecule has 0 unspecified atom stereocenters. The van der Waals surface area contributed by atoms with E-state index in [9.17, 15) is 0 Å². The molecule has 1 aromatic heterocycles. The van der Waals surface area contributed by atoms with E-state index in [2.05, 4.69) is 4.99 Å². The van der Waals surface area contributed by atoms with E-state index in [-0.39, 0.29) is 24.0 Å². The molecule has 17 heavy (non-hydrogen) atoms. The number of hydrogen-bond acceptors (Lipinski definition) is 2. The Hall–Kier alpha value is 0.280. The minimum absolute atomic E-state index is 0. The molecular formula is C10H14Cl2IN3S. The van der Waals surface area contributed by atoms with Crippen LogP contribution in [0.15, 0.2) is 11.1 Å². The number of nitrogens with two attached hydrogens (primary N) is 1. The van der Waals surface area contributed by atoms with Crippen molar-refractivity contribution in [1.29, 1.82) is 0 Å². The van der Waals surface area contributed by atoms with Crippen molar-refractivity contribution in [3.05, 3.63) is 20.3 Å². The standard InChI is InChI=1S/C10H13Cl2N3S.HI/c1-15(7-2-3-7)10(13)14-5-6-4-8(11)16-9(6)12;/h4,7H,2-3,5H2,1H3,(H2,13,14);1H. The van der Waals surface area contributed by atoms with Gasteiger partial charge in [-0.15, -0.1) is 35.3 Å². The average Bonchev–Trinajstić information content (AvgIpc) is 3.01. The first-order valence-corrected chi connectivity index (χ1v) is 6.61. The van der Waals surface area contributed by atoms with Crippen LogP contribution < -0.4 is 5.73 Å². The molecule has 1 fully saturated rings. The Balaban J connectivity index is 0.00000144. The van der Waals surface area contributed by atoms with Gasteiger partial charge < -0.3 is 10.6 Å². The zero-order chi connectivity index (χ0) is 11.7. The second-order valence-corrected chi connectivity index (χ2v) is 6.15. The summed E-state index contributed by atoms with van der Waals surface area (Å²) in [6.07, 6.45) is 2.41. The molecule has 0 spiro atoms. The van der Waals surface area contributed by atoms with Gasteiger partial charge in [0, 0.05) is 18.7 Å². The number of nitrogens with zero attached hydrogens (tertiary/aromatic N) is 2. The highest BCUT2D eigenvalue weighted by molar-refractivity contribution is 14.0. The molecule has 0 bridgehead atoms. The first-order valence-electron chi connectivity index (χ1n) is 5.04. The van der Waals surface area contributed by atoms with Crippen LogP contribution >= 0.6 is 58.5 Å². The fraction of sp³-hybridized carbons (Fsp3) is 0.500. The van der Waals surface area contributed by atoms with E-state index in [0.717, 1.165) is 5.56 Å². The van der Waals surface area contributed by atoms with Crippen LogP contribution in [0.4, 0.5) is 0 Å². The van der Waals surface area contributed by atoms with Crippen molar-refractivity contribution in [3.63, 3.8) is 0 Å². The van der Waals surface area contributed by atoms with Crippen molar-refractivity contribution in [2.75, 3.05) is 7.05 Å². The summed E-state index contributed by atoms with van der Waals surface area (Å²) in [5.74, 6) is 0.570. The Morgan fingerprint density at radius 1 is 1.59 bits per heavy atom. The van der Waals surface area contributed by atoms with Gasteiger partial charge in [0.15, 0.2) is 5.96 Å². The first kappa shape index (κ1) is 15.3. The van der Waals surface area contributed by atoms with E-state index in [1.807, 2.05) is 18.0 Å². The quantitative estimate of drug-likeness (QED) is 0.474. The molecule has 1 aromatic rings. The van der Waals surface area contributed by atoms with Crippen LogP contribution in [0.3, 0.4) is 0 Å². The summed E-state index contributed by atoms with van der Waals surface area (Å²) in [7, 11) is 1.97. The number of halogens is 3. The molecular weight excluding hydrogens is 392 g/mol. The Morgan fingerprint density at radius 2 is 2.24 bits per heavy atom. The molecule has 1 aliphatic rings. The van der Waals surface area contributed by atoms with Gasteiger partial charge in [-0.2, -0.15) is 0 Å². The lowest BCUT2D eigenvalue weighted by atomic mass is 10.3. The van der Waals surface area contributed by atoms with Crippen molar-refractivity contribution in [3.8, 4) is 0 Å². The molecule has 0 aromatic carbocycles. The molecule has 0 radical (unpaired) electrons. The van der Waals surface area contributed by atoms with E-state index in [1.165, 1.54) is 24.2 Å². The summed E-state index contributed by atoms with van der Waals surface area (Å²) in [5.41, 5.74) is 6.80. The molecule has 3 nitrogen and oxygen atoms in total. The molecule has 7 heteroatoms. The minimum atomic E-state index is 0. The fourth-order valence-electron chi connectivity index (χ4n) is 1.41. The van der Waals surface area contributed by atoms with Crippen LogP contribution in [0.2, 0.25) is 8.67 Å². The Labute approximate surface area is 132 Å². The molecule has 0 atom stereocenters. The molecule has 0 aliphatic heterocycles. The van der Waals surface area contributed by atoms with Gasteiger partial charge in [-0.1, -0.05) is 23.2 Å². The highest BCUT2D eigenvalue weighted by Gasteiger charge is 2.27. The van der Waals surface area contributed by atoms with Crippen LogP contribution in [-0.4, -0.2) is 23.9 Å². The molecule has 0 saturated heterocycles. The largest absolute Gasteiger partial charge is 0.370 e. The van der Waals surface area contributed by atoms with Gasteiger partial charge in [-0.05, 0) is 18.9 Å². The second-order valence-electron chi connectivity index (χ2n) is 3.87. The third-order valence-electron chi connectivity index (χ3n) is 2.59. The van der Waals surface area contributed by atoms with E-state index in [1.54, 1.807) is 0 Å². The maximum atomic E-state index is 5.99. The Kier molecular flexibility index (Phi) is 5.82. The summed E-state index contributed by atoms with van der Waals surface area (Å²) < 4.78 is 1.37. The summed E-state index contributed by atoms with van der Waals surface area (Å²) in [5, 5.41) is 0. The predicted octanol–water partition coefficient (Wildman–Crippen LogP) is 3.58. The molecule has 1 heterocycles. The lowest BCUT2D eigenvalue weighted by molar-refractivity contribution is 0.487. The number of hydrogen-bond donors (Lipinski definition) is 1. The van der Waals surface area contributed by atoms with Crippen molar-refractivity contribution in [2.24, 2.45) is 10.7 Å². The lowest BCUT2D eigenvalue weighted by Crippen LogP contribution is -2.35. The molecule has 2 rings (SSSR count). The van der Waals surface area contributed by atoms with Crippen LogP contribution in [0.5, 0.6) is 0 Å². The monoisotopic (exact) mass is 405 g/mol. The van der Waals surface area contributed by atoms with Gasteiger partial charge in [0.25, 0.3) is 0 Å². The molecule has 2 N–H and O–H groups in total. The van der Waals surface area contributed by atoms with E-state index < -0.39 is 0 Å². The predicted molar refractivity (Wildman–Crippen MR) is 85.9 cm³/mol. The van der Waals surface area contributed by atoms with Gasteiger partial charge >= 0.3 is 0 Å². The third-order valence-corrected chi connectivity index (χ3v) is 4.16. The van der Waals surface area contributed by atoms with Crippen LogP contribution in [0.25, 0.3) is 0 Å². The number of rotatable bonds is 3. The van der Waals surface area contributed by atoms with Gasteiger partial charge in [-0.25, -0.2) is 4.99 Å². The maximum Gasteiger partial charge on any atom is 0.191 e. The molecule has 1 aliphatic carbocycles. The van der Waals surface area contributed by atoms with Crippen LogP contribution in [0, 0.1) is 0 Å². The van der Waals surface area contributed by atoms with Crippen molar-refractivity contribution >= 4 is 64.5 Å². The highest BCUT2D eigenvalue weighted by Crippen LogP contribution is 2.31. The smallest absolute Gasteiger partial charge is 0.191 e. The molecule has 1 saturated carbocycles. The van der Waals surface area contributed by atoms with E-state index in [0.29, 0.717) is 27.2 Å². The minimum Gasteiger partial charge on any atom is -0.370 e. The maximum absolute atomic E-state index is 5.99. The SMILES string of the molecule is CN(C(N)=NCc1cc(Cl)sc1Cl)C1CC1.I. The van der Waals surface area contributed by atoms with Gasteiger partial charge in [-0.3, -0.25) is 0 Å². The second kappa shape index (κ2) is 6.45. The van der Waals surface area contributed by atoms with Gasteiger partial charge in [0.1, 0.15) is 0 Å². The lowest BCUT2D eigenvalue weighted by Gasteiger charge is -2.16. The zero-order valence-corrected chi connectivity index (χ0v) is 14.0. The van der Waals surface area contributed by atoms with Crippen molar-refractivity contribution in [2.45, 2.75) is 25.4 Å². The summed E-state index contributed by atoms with van der Waals surface area (Å²) in [6.45, 7) is 0.491. The van der Waals surface area contributed by atoms with Crippen LogP contribution in [0.1, 0.15) is 18.4 Å². The summed E-state index contributed by atoms with van der Waals surface area (Å²) >= 11 is 13.2. The van der Waals surface area contributed by atoms with E-state index >= 15 is 0 Å². The average molecular weight is 406 g/mol. The van der Waals surface area contributed by atoms with Crippen LogP contribution in [-0.2, 0) is 6.54 Å². The van der Waals surface area contributed by atoms with E-state index in [4.69, 9.17) is 28.9 Å². The summed E-state index contributed by atoms with van der Waals surface area (Å²) in [6, 6.07) is 2.41. The summed E-state index contributed by atoms with van der Waals surface area (Å²) in [4.78, 5) is 6.33. The number of guanidine groups is 1. The topological polar surface area (TPSA) is 41.6 Å². The first-order chi connectivity index (χ1) is 7.58. The zero-order valence-electron chi connectivity index (χ0n) is 9.32. The van der Waals surface area contributed by atoms with Crippen molar-refractivity contribution in [1.82, 2.24) is 4.90 Å². The van der Waals surface area contributed by atoms with Crippen molar-refractivity contribution < 1.29 is 0 Å². The van der Waals surface area contributed by atoms with Gasteiger partial charge in [0.05, 0.1) is 15.2 Å².